The highest BCUT2D eigenvalue weighted by atomic mass is 35.5. The first-order valence-corrected chi connectivity index (χ1v) is 7.56. The molecular weight excluding hydrogens is 217 g/mol. The zero-order valence-electron chi connectivity index (χ0n) is 7.03. The number of alkyl halides is 1. The molecule has 12 heavy (non-hydrogen) atoms. The molecule has 0 spiro atoms. The summed E-state index contributed by atoms with van der Waals surface area (Å²) < 4.78 is 19.0. The molecule has 0 radical (unpaired) electrons. The second kappa shape index (κ2) is 4.87. The Hall–Kier alpha value is 0.790. The number of halogens is 1. The summed E-state index contributed by atoms with van der Waals surface area (Å²) in [6.07, 6.45) is 0.960. The Labute approximate surface area is 82.0 Å². The molecule has 0 aromatic heterocycles. The Kier molecular flexibility index (Phi) is 4.41. The lowest BCUT2D eigenvalue weighted by molar-refractivity contribution is 0.235. The Balaban J connectivity index is 2.48. The van der Waals surface area contributed by atoms with Crippen molar-refractivity contribution < 1.29 is 9.09 Å². The van der Waals surface area contributed by atoms with E-state index in [0.717, 1.165) is 13.0 Å². The normalized spacial score (nSPS) is 32.2. The van der Waals surface area contributed by atoms with Crippen LogP contribution in [-0.2, 0) is 9.09 Å². The molecule has 1 unspecified atom stereocenters. The molecule has 0 aromatic carbocycles. The van der Waals surface area contributed by atoms with Crippen molar-refractivity contribution in [3.8, 4) is 0 Å². The van der Waals surface area contributed by atoms with E-state index >= 15 is 0 Å². The summed E-state index contributed by atoms with van der Waals surface area (Å²) in [7, 11) is 1.83. The largest absolute Gasteiger partial charge is 0.328 e. The fourth-order valence-electron chi connectivity index (χ4n) is 0.980. The second-order valence-corrected chi connectivity index (χ2v) is 7.64. The molecule has 0 saturated carbocycles. The maximum atomic E-state index is 11.9. The molecule has 0 bridgehead atoms. The molecular formula is C6H13ClNO2PS. The molecule has 3 nitrogen and oxygen atoms in total. The van der Waals surface area contributed by atoms with Gasteiger partial charge >= 0.3 is 6.72 Å². The highest BCUT2D eigenvalue weighted by Crippen LogP contribution is 2.63. The van der Waals surface area contributed by atoms with Gasteiger partial charge in [0, 0.05) is 18.2 Å². The van der Waals surface area contributed by atoms with Gasteiger partial charge in [-0.3, -0.25) is 4.57 Å². The van der Waals surface area contributed by atoms with Gasteiger partial charge < -0.3 is 4.52 Å². The summed E-state index contributed by atoms with van der Waals surface area (Å²) in [4.78, 5) is 0. The summed E-state index contributed by atoms with van der Waals surface area (Å²) in [5.41, 5.74) is 0. The quantitative estimate of drug-likeness (QED) is 0.549. The standard InChI is InChI=1S/C6H13ClNO2PS/c1-8-4-2-5-10-11(8,9)12-6-3-7/h2-6H2,1H3. The molecule has 1 atom stereocenters. The van der Waals surface area contributed by atoms with Gasteiger partial charge in [-0.25, -0.2) is 4.67 Å². The molecule has 0 N–H and O–H groups in total. The van der Waals surface area contributed by atoms with Crippen LogP contribution < -0.4 is 0 Å². The minimum absolute atomic E-state index is 0.520. The number of hydrogen-bond acceptors (Lipinski definition) is 3. The van der Waals surface area contributed by atoms with Crippen molar-refractivity contribution >= 4 is 29.7 Å². The molecule has 1 aliphatic heterocycles. The van der Waals surface area contributed by atoms with E-state index < -0.39 is 6.72 Å². The molecule has 0 aromatic rings. The maximum Gasteiger partial charge on any atom is 0.328 e. The highest BCUT2D eigenvalue weighted by molar-refractivity contribution is 8.55. The molecule has 1 saturated heterocycles. The summed E-state index contributed by atoms with van der Waals surface area (Å²) in [5.74, 6) is 1.20. The van der Waals surface area contributed by atoms with Gasteiger partial charge in [-0.2, -0.15) is 0 Å². The van der Waals surface area contributed by atoms with Gasteiger partial charge in [-0.1, -0.05) is 11.4 Å². The predicted octanol–water partition coefficient (Wildman–Crippen LogP) is 2.42. The topological polar surface area (TPSA) is 29.5 Å². The second-order valence-electron chi connectivity index (χ2n) is 2.56. The summed E-state index contributed by atoms with van der Waals surface area (Å²) in [5, 5.41) is 0. The van der Waals surface area contributed by atoms with Crippen LogP contribution in [0, 0.1) is 0 Å². The lowest BCUT2D eigenvalue weighted by atomic mass is 10.5. The van der Waals surface area contributed by atoms with Crippen LogP contribution in [0.15, 0.2) is 0 Å². The molecule has 0 amide bonds. The summed E-state index contributed by atoms with van der Waals surface area (Å²) in [6.45, 7) is -1.09. The smallest absolute Gasteiger partial charge is 0.310 e. The van der Waals surface area contributed by atoms with Crippen molar-refractivity contribution in [1.29, 1.82) is 0 Å². The lowest BCUT2D eigenvalue weighted by Crippen LogP contribution is -2.23. The van der Waals surface area contributed by atoms with Crippen LogP contribution in [0.4, 0.5) is 0 Å². The van der Waals surface area contributed by atoms with Gasteiger partial charge in [-0.05, 0) is 13.5 Å². The maximum absolute atomic E-state index is 11.9. The van der Waals surface area contributed by atoms with Gasteiger partial charge in [0.1, 0.15) is 0 Å². The van der Waals surface area contributed by atoms with Crippen LogP contribution in [0.2, 0.25) is 0 Å². The summed E-state index contributed by atoms with van der Waals surface area (Å²) >= 11 is 6.85. The van der Waals surface area contributed by atoms with Crippen LogP contribution in [0.1, 0.15) is 6.42 Å². The van der Waals surface area contributed by atoms with Gasteiger partial charge in [0.05, 0.1) is 6.61 Å². The van der Waals surface area contributed by atoms with Gasteiger partial charge in [-0.15, -0.1) is 11.6 Å². The first-order chi connectivity index (χ1) is 5.69. The van der Waals surface area contributed by atoms with E-state index in [2.05, 4.69) is 0 Å². The fourth-order valence-corrected chi connectivity index (χ4v) is 5.30. The minimum atomic E-state index is -2.56. The van der Waals surface area contributed by atoms with E-state index in [1.807, 2.05) is 7.05 Å². The van der Waals surface area contributed by atoms with Crippen LogP contribution in [0.25, 0.3) is 0 Å². The Morgan fingerprint density at radius 3 is 3.08 bits per heavy atom. The first-order valence-electron chi connectivity index (χ1n) is 3.86. The van der Waals surface area contributed by atoms with Crippen molar-refractivity contribution in [2.75, 3.05) is 31.8 Å². The average Bonchev–Trinajstić information content (AvgIpc) is 2.07. The third kappa shape index (κ3) is 2.64. The van der Waals surface area contributed by atoms with Crippen molar-refractivity contribution in [3.05, 3.63) is 0 Å². The molecule has 1 rings (SSSR count). The molecule has 1 fully saturated rings. The van der Waals surface area contributed by atoms with E-state index in [-0.39, 0.29) is 0 Å². The van der Waals surface area contributed by atoms with Crippen LogP contribution >= 0.6 is 29.7 Å². The van der Waals surface area contributed by atoms with Gasteiger partial charge in [0.15, 0.2) is 0 Å². The van der Waals surface area contributed by atoms with Crippen molar-refractivity contribution in [3.63, 3.8) is 0 Å². The molecule has 0 aliphatic carbocycles. The van der Waals surface area contributed by atoms with E-state index in [1.54, 1.807) is 4.67 Å². The van der Waals surface area contributed by atoms with Gasteiger partial charge in [0.25, 0.3) is 0 Å². The monoisotopic (exact) mass is 229 g/mol. The molecule has 72 valence electrons. The fraction of sp³-hybridized carbons (Fsp3) is 1.00. The zero-order chi connectivity index (χ0) is 9.03. The SMILES string of the molecule is CN1CCCOP1(=O)SCCCl. The van der Waals surface area contributed by atoms with Crippen molar-refractivity contribution in [2.45, 2.75) is 6.42 Å². The summed E-state index contributed by atoms with van der Waals surface area (Å²) in [6, 6.07) is 0. The number of nitrogens with zero attached hydrogens (tertiary/aromatic N) is 1. The Bertz CT molecular complexity index is 192. The predicted molar refractivity (Wildman–Crippen MR) is 54.0 cm³/mol. The van der Waals surface area contributed by atoms with E-state index in [0.29, 0.717) is 18.2 Å². The Morgan fingerprint density at radius 2 is 2.50 bits per heavy atom. The van der Waals surface area contributed by atoms with Gasteiger partial charge in [0.2, 0.25) is 0 Å². The zero-order valence-corrected chi connectivity index (χ0v) is 9.50. The molecule has 6 heteroatoms. The highest BCUT2D eigenvalue weighted by Gasteiger charge is 2.32. The molecule has 1 aliphatic rings. The lowest BCUT2D eigenvalue weighted by Gasteiger charge is -2.30. The average molecular weight is 230 g/mol. The minimum Gasteiger partial charge on any atom is -0.310 e. The van der Waals surface area contributed by atoms with Crippen LogP contribution in [0.5, 0.6) is 0 Å². The van der Waals surface area contributed by atoms with E-state index in [4.69, 9.17) is 16.1 Å². The third-order valence-electron chi connectivity index (χ3n) is 1.63. The molecule has 1 heterocycles. The first kappa shape index (κ1) is 10.9. The van der Waals surface area contributed by atoms with Crippen LogP contribution in [0.3, 0.4) is 0 Å². The number of hydrogen-bond donors (Lipinski definition) is 0. The van der Waals surface area contributed by atoms with Crippen molar-refractivity contribution in [2.24, 2.45) is 0 Å². The van der Waals surface area contributed by atoms with E-state index in [9.17, 15) is 4.57 Å². The van der Waals surface area contributed by atoms with Crippen LogP contribution in [-0.4, -0.2) is 36.5 Å². The van der Waals surface area contributed by atoms with Crippen molar-refractivity contribution in [1.82, 2.24) is 4.67 Å². The number of rotatable bonds is 3. The Morgan fingerprint density at radius 1 is 1.75 bits per heavy atom. The third-order valence-corrected chi connectivity index (χ3v) is 6.98. The van der Waals surface area contributed by atoms with E-state index in [1.165, 1.54) is 11.4 Å².